The molecule has 0 bridgehead atoms. The van der Waals surface area contributed by atoms with Crippen LogP contribution in [0.4, 0.5) is 5.95 Å². The molecule has 15 heteroatoms. The second-order valence-electron chi connectivity index (χ2n) is 8.80. The van der Waals surface area contributed by atoms with Crippen LogP contribution in [0, 0.1) is 6.92 Å². The number of sulfonamides is 1. The molecule has 0 aliphatic rings. The van der Waals surface area contributed by atoms with Gasteiger partial charge in [0.15, 0.2) is 15.7 Å². The van der Waals surface area contributed by atoms with Crippen molar-refractivity contribution in [1.82, 2.24) is 19.7 Å². The maximum atomic E-state index is 13.3. The Bertz CT molecular complexity index is 1750. The van der Waals surface area contributed by atoms with Crippen LogP contribution in [0.1, 0.15) is 17.2 Å². The number of rotatable bonds is 10. The first-order chi connectivity index (χ1) is 18.8. The maximum Gasteiger partial charge on any atom is 0.243 e. The molecule has 2 heterocycles. The van der Waals surface area contributed by atoms with Crippen LogP contribution in [0.2, 0.25) is 5.02 Å². The Hall–Kier alpha value is -3.72. The van der Waals surface area contributed by atoms with Crippen LogP contribution in [-0.4, -0.2) is 67.9 Å². The van der Waals surface area contributed by atoms with Gasteiger partial charge in [0.1, 0.15) is 17.2 Å². The van der Waals surface area contributed by atoms with Crippen molar-refractivity contribution in [2.24, 2.45) is 0 Å². The summed E-state index contributed by atoms with van der Waals surface area (Å²) in [6, 6.07) is 10.6. The van der Waals surface area contributed by atoms with E-state index in [-0.39, 0.29) is 27.3 Å². The summed E-state index contributed by atoms with van der Waals surface area (Å²) in [6.07, 6.45) is 2.43. The Morgan fingerprint density at radius 2 is 1.70 bits per heavy atom. The van der Waals surface area contributed by atoms with Gasteiger partial charge in [0.2, 0.25) is 16.0 Å². The minimum atomic E-state index is -4.35. The molecule has 4 aromatic rings. The molecular weight excluding hydrogens is 582 g/mol. The SMILES string of the molecule is COc1cccc(OC)c1-n1c(NS(=O)(=O)C[C@H](O)c2ccc(Cl)cc2S(C)(=O)=O)nnc1-c1cncc(C)c1. The number of aryl methyl sites for hydroxylation is 1. The lowest BCUT2D eigenvalue weighted by Gasteiger charge is -2.19. The number of anilines is 1. The van der Waals surface area contributed by atoms with Crippen LogP contribution in [0.3, 0.4) is 0 Å². The molecule has 0 unspecified atom stereocenters. The fraction of sp³-hybridized carbons (Fsp3) is 0.240. The number of aliphatic hydroxyl groups is 1. The average Bonchev–Trinajstić information content (AvgIpc) is 3.29. The number of aliphatic hydroxyl groups excluding tert-OH is 1. The van der Waals surface area contributed by atoms with Gasteiger partial charge in [0.25, 0.3) is 0 Å². The van der Waals surface area contributed by atoms with Gasteiger partial charge in [-0.25, -0.2) is 16.8 Å². The normalized spacial score (nSPS) is 12.7. The van der Waals surface area contributed by atoms with Crippen LogP contribution in [0.25, 0.3) is 17.1 Å². The summed E-state index contributed by atoms with van der Waals surface area (Å²) in [5, 5.41) is 19.2. The number of pyridine rings is 1. The van der Waals surface area contributed by atoms with Gasteiger partial charge in [0.05, 0.1) is 31.0 Å². The van der Waals surface area contributed by atoms with Crippen molar-refractivity contribution in [3.05, 3.63) is 71.0 Å². The molecule has 2 aromatic carbocycles. The minimum Gasteiger partial charge on any atom is -0.494 e. The van der Waals surface area contributed by atoms with Crippen LogP contribution >= 0.6 is 11.6 Å². The number of nitrogens with zero attached hydrogens (tertiary/aromatic N) is 4. The molecule has 0 fully saturated rings. The topological polar surface area (TPSA) is 163 Å². The number of benzene rings is 2. The molecule has 1 atom stereocenters. The maximum absolute atomic E-state index is 13.3. The molecule has 0 radical (unpaired) electrons. The lowest BCUT2D eigenvalue weighted by molar-refractivity contribution is 0.198. The van der Waals surface area contributed by atoms with Gasteiger partial charge in [-0.2, -0.15) is 0 Å². The van der Waals surface area contributed by atoms with Crippen molar-refractivity contribution in [1.29, 1.82) is 0 Å². The van der Waals surface area contributed by atoms with E-state index in [9.17, 15) is 21.9 Å². The van der Waals surface area contributed by atoms with Crippen LogP contribution in [0.5, 0.6) is 11.5 Å². The third-order valence-electron chi connectivity index (χ3n) is 5.78. The number of methoxy groups -OCH3 is 2. The number of sulfone groups is 1. The summed E-state index contributed by atoms with van der Waals surface area (Å²) in [5.41, 5.74) is 1.56. The van der Waals surface area contributed by atoms with Crippen LogP contribution in [-0.2, 0) is 19.9 Å². The third-order valence-corrected chi connectivity index (χ3v) is 8.42. The van der Waals surface area contributed by atoms with Crippen LogP contribution in [0.15, 0.2) is 59.8 Å². The Morgan fingerprint density at radius 3 is 2.30 bits per heavy atom. The fourth-order valence-corrected chi connectivity index (χ4v) is 6.36. The highest BCUT2D eigenvalue weighted by atomic mass is 35.5. The molecule has 2 N–H and O–H groups in total. The Labute approximate surface area is 236 Å². The molecule has 0 saturated carbocycles. The summed E-state index contributed by atoms with van der Waals surface area (Å²) in [6.45, 7) is 1.84. The first-order valence-electron chi connectivity index (χ1n) is 11.6. The van der Waals surface area contributed by atoms with E-state index in [0.717, 1.165) is 17.9 Å². The van der Waals surface area contributed by atoms with Crippen molar-refractivity contribution >= 4 is 37.4 Å². The van der Waals surface area contributed by atoms with Gasteiger partial charge in [-0.05, 0) is 42.8 Å². The van der Waals surface area contributed by atoms with Crippen molar-refractivity contribution in [3.63, 3.8) is 0 Å². The summed E-state index contributed by atoms with van der Waals surface area (Å²) in [4.78, 5) is 3.92. The number of hydrogen-bond acceptors (Lipinski definition) is 10. The zero-order valence-electron chi connectivity index (χ0n) is 21.9. The Balaban J connectivity index is 1.81. The molecule has 0 aliphatic carbocycles. The molecule has 4 rings (SSSR count). The molecule has 0 amide bonds. The highest BCUT2D eigenvalue weighted by molar-refractivity contribution is 7.92. The van der Waals surface area contributed by atoms with E-state index < -0.39 is 31.7 Å². The number of halogens is 1. The van der Waals surface area contributed by atoms with Crippen molar-refractivity contribution < 1.29 is 31.4 Å². The average molecular weight is 608 g/mol. The van der Waals surface area contributed by atoms with Crippen LogP contribution < -0.4 is 14.2 Å². The largest absolute Gasteiger partial charge is 0.494 e. The highest BCUT2D eigenvalue weighted by Crippen LogP contribution is 2.38. The second-order valence-corrected chi connectivity index (χ2v) is 13.0. The zero-order chi connectivity index (χ0) is 29.2. The van der Waals surface area contributed by atoms with Gasteiger partial charge < -0.3 is 14.6 Å². The monoisotopic (exact) mass is 607 g/mol. The van der Waals surface area contributed by atoms with E-state index in [0.29, 0.717) is 22.7 Å². The lowest BCUT2D eigenvalue weighted by atomic mass is 10.1. The summed E-state index contributed by atoms with van der Waals surface area (Å²) in [5.74, 6) is -0.227. The van der Waals surface area contributed by atoms with Gasteiger partial charge in [0, 0.05) is 34.8 Å². The third kappa shape index (κ3) is 6.20. The number of aromatic nitrogens is 4. The lowest BCUT2D eigenvalue weighted by Crippen LogP contribution is -2.24. The zero-order valence-corrected chi connectivity index (χ0v) is 24.2. The molecule has 40 heavy (non-hydrogen) atoms. The van der Waals surface area contributed by atoms with Gasteiger partial charge in [-0.3, -0.25) is 14.3 Å². The standard InChI is InChI=1S/C25H26ClN5O7S2/c1-15-10-16(13-27-12-15)24-28-29-25(31(24)23-20(37-2)6-5-7-21(23)38-3)30-40(35,36)14-19(32)18-9-8-17(26)11-22(18)39(4,33)34/h5-13,19,32H,14H2,1-4H3,(H,29,30)/t19-/m0/s1. The van der Waals surface area contributed by atoms with Gasteiger partial charge in [-0.1, -0.05) is 23.7 Å². The highest BCUT2D eigenvalue weighted by Gasteiger charge is 2.28. The minimum absolute atomic E-state index is 0.114. The summed E-state index contributed by atoms with van der Waals surface area (Å²) >= 11 is 5.94. The quantitative estimate of drug-likeness (QED) is 0.274. The summed E-state index contributed by atoms with van der Waals surface area (Å²) < 4.78 is 66.0. The van der Waals surface area contributed by atoms with E-state index in [1.54, 1.807) is 36.7 Å². The summed E-state index contributed by atoms with van der Waals surface area (Å²) in [7, 11) is -5.28. The van der Waals surface area contributed by atoms with E-state index in [4.69, 9.17) is 21.1 Å². The van der Waals surface area contributed by atoms with Crippen molar-refractivity contribution in [2.45, 2.75) is 17.9 Å². The van der Waals surface area contributed by atoms with Crippen molar-refractivity contribution in [3.8, 4) is 28.6 Å². The second kappa shape index (κ2) is 11.4. The molecule has 0 saturated heterocycles. The number of ether oxygens (including phenoxy) is 2. The van der Waals surface area contributed by atoms with Gasteiger partial charge >= 0.3 is 0 Å². The fourth-order valence-electron chi connectivity index (χ4n) is 4.06. The van der Waals surface area contributed by atoms with E-state index in [2.05, 4.69) is 19.9 Å². The smallest absolute Gasteiger partial charge is 0.243 e. The van der Waals surface area contributed by atoms with E-state index in [1.807, 2.05) is 6.92 Å². The predicted molar refractivity (Wildman–Crippen MR) is 149 cm³/mol. The van der Waals surface area contributed by atoms with Crippen molar-refractivity contribution in [2.75, 3.05) is 31.0 Å². The first kappa shape index (κ1) is 29.3. The predicted octanol–water partition coefficient (Wildman–Crippen LogP) is 3.19. The Kier molecular flexibility index (Phi) is 8.35. The molecule has 12 nitrogen and oxygen atoms in total. The molecule has 0 spiro atoms. The molecule has 212 valence electrons. The van der Waals surface area contributed by atoms with E-state index in [1.165, 1.54) is 30.9 Å². The first-order valence-corrected chi connectivity index (χ1v) is 15.5. The molecule has 0 aliphatic heterocycles. The Morgan fingerprint density at radius 1 is 1.02 bits per heavy atom. The number of para-hydroxylation sites is 1. The molecular formula is C25H26ClN5O7S2. The van der Waals surface area contributed by atoms with Gasteiger partial charge in [-0.15, -0.1) is 10.2 Å². The number of nitrogens with one attached hydrogen (secondary N) is 1. The molecule has 2 aromatic heterocycles. The number of hydrogen-bond donors (Lipinski definition) is 2. The van der Waals surface area contributed by atoms with E-state index >= 15 is 0 Å².